The summed E-state index contributed by atoms with van der Waals surface area (Å²) in [5, 5.41) is 9.58. The molecule has 0 saturated carbocycles. The number of nitrogens with zero attached hydrogens (tertiary/aromatic N) is 1. The van der Waals surface area contributed by atoms with Crippen molar-refractivity contribution >= 4 is 17.0 Å². The molecule has 0 spiro atoms. The standard InChI is InChI=1S/C15H22O3.C7H6N2/c1-3-5-6-9-12(4-2)18-15(17)13-10-7-8-11-14(13)16;1-2-4-7-6(3-1)8-5-9-7/h7-8,10-12,16H,3-6,9H2,1-2H3;1-5H,(H,8,9). The minimum Gasteiger partial charge on any atom is -0.507 e. The van der Waals surface area contributed by atoms with Crippen LogP contribution >= 0.6 is 0 Å². The molecule has 0 bridgehead atoms. The molecule has 2 aromatic carbocycles. The fourth-order valence-electron chi connectivity index (χ4n) is 2.71. The van der Waals surface area contributed by atoms with E-state index in [2.05, 4.69) is 16.9 Å². The van der Waals surface area contributed by atoms with Gasteiger partial charge >= 0.3 is 5.97 Å². The van der Waals surface area contributed by atoms with Crippen molar-refractivity contribution in [2.24, 2.45) is 0 Å². The Morgan fingerprint density at radius 2 is 1.85 bits per heavy atom. The zero-order valence-corrected chi connectivity index (χ0v) is 16.0. The smallest absolute Gasteiger partial charge is 0.342 e. The molecule has 5 heteroatoms. The Bertz CT molecular complexity index is 799. The Balaban J connectivity index is 0.000000239. The van der Waals surface area contributed by atoms with Gasteiger partial charge in [0, 0.05) is 0 Å². The van der Waals surface area contributed by atoms with Crippen molar-refractivity contribution in [3.63, 3.8) is 0 Å². The van der Waals surface area contributed by atoms with Gasteiger partial charge in [0.2, 0.25) is 0 Å². The van der Waals surface area contributed by atoms with E-state index in [4.69, 9.17) is 4.74 Å². The lowest BCUT2D eigenvalue weighted by atomic mass is 10.1. The van der Waals surface area contributed by atoms with Gasteiger partial charge in [-0.15, -0.1) is 0 Å². The highest BCUT2D eigenvalue weighted by Crippen LogP contribution is 2.19. The van der Waals surface area contributed by atoms with Crippen molar-refractivity contribution in [3.8, 4) is 5.75 Å². The number of unbranched alkanes of at least 4 members (excludes halogenated alkanes) is 2. The van der Waals surface area contributed by atoms with E-state index in [-0.39, 0.29) is 17.4 Å². The van der Waals surface area contributed by atoms with E-state index in [1.54, 1.807) is 24.5 Å². The number of H-pyrrole nitrogens is 1. The number of carbonyl (C=O) groups excluding carboxylic acids is 1. The maximum absolute atomic E-state index is 11.9. The molecule has 0 aliphatic carbocycles. The number of rotatable bonds is 7. The summed E-state index contributed by atoms with van der Waals surface area (Å²) in [6, 6.07) is 14.4. The number of para-hydroxylation sites is 3. The van der Waals surface area contributed by atoms with Gasteiger partial charge in [-0.1, -0.05) is 51.0 Å². The van der Waals surface area contributed by atoms with Gasteiger partial charge in [0.1, 0.15) is 17.4 Å². The molecule has 0 aliphatic heterocycles. The van der Waals surface area contributed by atoms with Crippen LogP contribution in [0.3, 0.4) is 0 Å². The van der Waals surface area contributed by atoms with Crippen LogP contribution < -0.4 is 0 Å². The SMILES string of the molecule is CCCCCC(CC)OC(=O)c1ccccc1O.c1ccc2[nH]cnc2c1. The summed E-state index contributed by atoms with van der Waals surface area (Å²) in [6.45, 7) is 4.16. The number of aromatic amines is 1. The van der Waals surface area contributed by atoms with Gasteiger partial charge in [-0.25, -0.2) is 9.78 Å². The Morgan fingerprint density at radius 1 is 1.11 bits per heavy atom. The first-order chi connectivity index (χ1) is 13.2. The molecule has 144 valence electrons. The van der Waals surface area contributed by atoms with E-state index >= 15 is 0 Å². The predicted octanol–water partition coefficient (Wildman–Crippen LogP) is 5.47. The number of hydrogen-bond donors (Lipinski definition) is 2. The summed E-state index contributed by atoms with van der Waals surface area (Å²) in [5.41, 5.74) is 2.36. The highest BCUT2D eigenvalue weighted by molar-refractivity contribution is 5.92. The second kappa shape index (κ2) is 11.0. The summed E-state index contributed by atoms with van der Waals surface area (Å²) in [5.74, 6) is -0.456. The van der Waals surface area contributed by atoms with Crippen LogP contribution in [0.25, 0.3) is 11.0 Å². The molecule has 27 heavy (non-hydrogen) atoms. The van der Waals surface area contributed by atoms with Gasteiger partial charge in [-0.3, -0.25) is 0 Å². The number of phenolic OH excluding ortho intramolecular Hbond substituents is 1. The van der Waals surface area contributed by atoms with Crippen molar-refractivity contribution < 1.29 is 14.6 Å². The number of phenols is 1. The summed E-state index contributed by atoms with van der Waals surface area (Å²) in [7, 11) is 0. The summed E-state index contributed by atoms with van der Waals surface area (Å²) >= 11 is 0. The van der Waals surface area contributed by atoms with Crippen molar-refractivity contribution in [1.29, 1.82) is 0 Å². The molecule has 0 fully saturated rings. The lowest BCUT2D eigenvalue weighted by molar-refractivity contribution is 0.0264. The molecule has 5 nitrogen and oxygen atoms in total. The number of ether oxygens (including phenoxy) is 1. The van der Waals surface area contributed by atoms with Gasteiger partial charge in [0.15, 0.2) is 0 Å². The third-order valence-electron chi connectivity index (χ3n) is 4.31. The molecular formula is C22H28N2O3. The van der Waals surface area contributed by atoms with Crippen molar-refractivity contribution in [2.75, 3.05) is 0 Å². The number of aromatic hydroxyl groups is 1. The first-order valence-corrected chi connectivity index (χ1v) is 9.52. The molecule has 2 N–H and O–H groups in total. The minimum absolute atomic E-state index is 0.0223. The zero-order valence-electron chi connectivity index (χ0n) is 16.0. The van der Waals surface area contributed by atoms with Gasteiger partial charge in [0.25, 0.3) is 0 Å². The van der Waals surface area contributed by atoms with E-state index in [9.17, 15) is 9.90 Å². The van der Waals surface area contributed by atoms with E-state index < -0.39 is 5.97 Å². The van der Waals surface area contributed by atoms with Gasteiger partial charge in [-0.05, 0) is 43.5 Å². The number of esters is 1. The zero-order chi connectivity index (χ0) is 19.5. The third-order valence-corrected chi connectivity index (χ3v) is 4.31. The van der Waals surface area contributed by atoms with Gasteiger partial charge in [-0.2, -0.15) is 0 Å². The Hall–Kier alpha value is -2.82. The normalized spacial score (nSPS) is 11.5. The number of benzene rings is 2. The molecule has 0 amide bonds. The Labute approximate surface area is 160 Å². The van der Waals surface area contributed by atoms with E-state index in [0.717, 1.165) is 43.1 Å². The average Bonchev–Trinajstić information content (AvgIpc) is 3.17. The fourth-order valence-corrected chi connectivity index (χ4v) is 2.71. The number of aromatic nitrogens is 2. The van der Waals surface area contributed by atoms with E-state index in [0.29, 0.717) is 0 Å². The van der Waals surface area contributed by atoms with Crippen LogP contribution in [0.1, 0.15) is 56.3 Å². The lowest BCUT2D eigenvalue weighted by Crippen LogP contribution is -2.17. The maximum atomic E-state index is 11.9. The first kappa shape index (κ1) is 20.5. The summed E-state index contributed by atoms with van der Waals surface area (Å²) < 4.78 is 5.41. The molecule has 3 rings (SSSR count). The quantitative estimate of drug-likeness (QED) is 0.428. The van der Waals surface area contributed by atoms with Gasteiger partial charge < -0.3 is 14.8 Å². The monoisotopic (exact) mass is 368 g/mol. The highest BCUT2D eigenvalue weighted by Gasteiger charge is 2.16. The largest absolute Gasteiger partial charge is 0.507 e. The van der Waals surface area contributed by atoms with Crippen molar-refractivity contribution in [2.45, 2.75) is 52.1 Å². The molecule has 0 aliphatic rings. The second-order valence-corrected chi connectivity index (χ2v) is 6.37. The molecular weight excluding hydrogens is 340 g/mol. The van der Waals surface area contributed by atoms with Crippen LogP contribution in [0, 0.1) is 0 Å². The molecule has 1 atom stereocenters. The number of carbonyl (C=O) groups is 1. The summed E-state index contributed by atoms with van der Waals surface area (Å²) in [4.78, 5) is 19.0. The molecule has 1 aromatic heterocycles. The van der Waals surface area contributed by atoms with Crippen molar-refractivity contribution in [3.05, 3.63) is 60.4 Å². The van der Waals surface area contributed by atoms with E-state index in [1.807, 2.05) is 31.2 Å². The minimum atomic E-state index is -0.434. The Morgan fingerprint density at radius 3 is 2.56 bits per heavy atom. The number of imidazole rings is 1. The fraction of sp³-hybridized carbons (Fsp3) is 0.364. The Kier molecular flexibility index (Phi) is 8.36. The van der Waals surface area contributed by atoms with Crippen LogP contribution in [0.4, 0.5) is 0 Å². The lowest BCUT2D eigenvalue weighted by Gasteiger charge is -2.16. The molecule has 0 radical (unpaired) electrons. The first-order valence-electron chi connectivity index (χ1n) is 9.52. The molecule has 1 heterocycles. The molecule has 3 aromatic rings. The van der Waals surface area contributed by atoms with Gasteiger partial charge in [0.05, 0.1) is 17.4 Å². The molecule has 0 saturated heterocycles. The summed E-state index contributed by atoms with van der Waals surface area (Å²) in [6.07, 6.45) is 6.73. The predicted molar refractivity (Wildman–Crippen MR) is 108 cm³/mol. The number of fused-ring (bicyclic) bond motifs is 1. The van der Waals surface area contributed by atoms with Crippen LogP contribution in [0.15, 0.2) is 54.9 Å². The number of nitrogens with one attached hydrogen (secondary N) is 1. The highest BCUT2D eigenvalue weighted by atomic mass is 16.5. The van der Waals surface area contributed by atoms with E-state index in [1.165, 1.54) is 6.07 Å². The van der Waals surface area contributed by atoms with Crippen LogP contribution in [-0.2, 0) is 4.74 Å². The average molecular weight is 368 g/mol. The van der Waals surface area contributed by atoms with Crippen molar-refractivity contribution in [1.82, 2.24) is 9.97 Å². The third kappa shape index (κ3) is 6.44. The topological polar surface area (TPSA) is 75.2 Å². The van der Waals surface area contributed by atoms with Crippen LogP contribution in [-0.4, -0.2) is 27.1 Å². The van der Waals surface area contributed by atoms with Crippen LogP contribution in [0.2, 0.25) is 0 Å². The maximum Gasteiger partial charge on any atom is 0.342 e. The molecule has 1 unspecified atom stereocenters. The van der Waals surface area contributed by atoms with Crippen LogP contribution in [0.5, 0.6) is 5.75 Å². The second-order valence-electron chi connectivity index (χ2n) is 6.37. The number of hydrogen-bond acceptors (Lipinski definition) is 4.